The third kappa shape index (κ3) is 5.01. The van der Waals surface area contributed by atoms with Crippen LogP contribution in [0.3, 0.4) is 0 Å². The highest BCUT2D eigenvalue weighted by atomic mass is 35.5. The Morgan fingerprint density at radius 1 is 1.00 bits per heavy atom. The van der Waals surface area contributed by atoms with Crippen LogP contribution in [0, 0.1) is 6.92 Å². The first kappa shape index (κ1) is 18.8. The molecular weight excluding hydrogens is 364 g/mol. The number of methoxy groups -OCH3 is 1. The van der Waals surface area contributed by atoms with E-state index >= 15 is 0 Å². The van der Waals surface area contributed by atoms with E-state index in [1.54, 1.807) is 25.3 Å². The van der Waals surface area contributed by atoms with Crippen LogP contribution in [0.4, 0.5) is 23.1 Å². The van der Waals surface area contributed by atoms with Crippen molar-refractivity contribution < 1.29 is 9.47 Å². The molecule has 0 amide bonds. The lowest BCUT2D eigenvalue weighted by molar-refractivity contribution is 0.340. The van der Waals surface area contributed by atoms with Gasteiger partial charge in [-0.1, -0.05) is 11.6 Å². The molecule has 6 nitrogen and oxygen atoms in total. The minimum atomic E-state index is 0.489. The first-order valence-electron chi connectivity index (χ1n) is 8.53. The van der Waals surface area contributed by atoms with Crippen LogP contribution >= 0.6 is 11.6 Å². The molecule has 140 valence electrons. The summed E-state index contributed by atoms with van der Waals surface area (Å²) in [4.78, 5) is 8.96. The van der Waals surface area contributed by atoms with Crippen molar-refractivity contribution in [2.45, 2.75) is 13.8 Å². The molecule has 3 aromatic rings. The molecule has 1 heterocycles. The predicted octanol–water partition coefficient (Wildman–Crippen LogP) is 5.33. The van der Waals surface area contributed by atoms with Crippen LogP contribution in [0.15, 0.2) is 48.5 Å². The molecule has 0 radical (unpaired) electrons. The fourth-order valence-electron chi connectivity index (χ4n) is 2.53. The Balaban J connectivity index is 1.81. The third-order valence-corrected chi connectivity index (χ3v) is 3.94. The number of nitrogens with zero attached hydrogens (tertiary/aromatic N) is 2. The number of aromatic nitrogens is 2. The predicted molar refractivity (Wildman–Crippen MR) is 109 cm³/mol. The van der Waals surface area contributed by atoms with Crippen molar-refractivity contribution in [3.8, 4) is 11.5 Å². The van der Waals surface area contributed by atoms with Gasteiger partial charge in [0, 0.05) is 22.5 Å². The molecule has 0 unspecified atom stereocenters. The summed E-state index contributed by atoms with van der Waals surface area (Å²) in [7, 11) is 1.61. The van der Waals surface area contributed by atoms with Gasteiger partial charge >= 0.3 is 0 Å². The van der Waals surface area contributed by atoms with E-state index in [0.717, 1.165) is 22.8 Å². The maximum absolute atomic E-state index is 6.09. The van der Waals surface area contributed by atoms with E-state index in [1.165, 1.54) is 0 Å². The topological polar surface area (TPSA) is 68.3 Å². The van der Waals surface area contributed by atoms with Crippen molar-refractivity contribution in [2.24, 2.45) is 0 Å². The normalized spacial score (nSPS) is 10.4. The molecule has 0 saturated carbocycles. The number of rotatable bonds is 7. The Hall–Kier alpha value is -2.99. The molecule has 2 aromatic carbocycles. The summed E-state index contributed by atoms with van der Waals surface area (Å²) in [6.07, 6.45) is 0. The molecule has 0 fully saturated rings. The fraction of sp³-hybridized carbons (Fsp3) is 0.200. The van der Waals surface area contributed by atoms with Crippen LogP contribution in [0.25, 0.3) is 0 Å². The summed E-state index contributed by atoms with van der Waals surface area (Å²) in [5.41, 5.74) is 2.42. The molecular formula is C20H21ClN4O2. The van der Waals surface area contributed by atoms with E-state index in [2.05, 4.69) is 20.6 Å². The van der Waals surface area contributed by atoms with Crippen molar-refractivity contribution >= 4 is 34.7 Å². The molecule has 0 aliphatic rings. The largest absolute Gasteiger partial charge is 0.495 e. The third-order valence-electron chi connectivity index (χ3n) is 3.70. The minimum Gasteiger partial charge on any atom is -0.495 e. The molecule has 0 saturated heterocycles. The SMILES string of the molecule is CCOc1ccc(Nc2nc(C)cc(Nc3cc(Cl)ccc3OC)n2)cc1. The summed E-state index contributed by atoms with van der Waals surface area (Å²) in [5, 5.41) is 7.05. The van der Waals surface area contributed by atoms with E-state index in [9.17, 15) is 0 Å². The van der Waals surface area contributed by atoms with E-state index < -0.39 is 0 Å². The van der Waals surface area contributed by atoms with Gasteiger partial charge in [0.1, 0.15) is 17.3 Å². The molecule has 0 aliphatic heterocycles. The smallest absolute Gasteiger partial charge is 0.229 e. The maximum atomic E-state index is 6.09. The number of anilines is 4. The number of hydrogen-bond acceptors (Lipinski definition) is 6. The highest BCUT2D eigenvalue weighted by Gasteiger charge is 2.08. The maximum Gasteiger partial charge on any atom is 0.229 e. The van der Waals surface area contributed by atoms with Gasteiger partial charge in [0.2, 0.25) is 5.95 Å². The Kier molecular flexibility index (Phi) is 5.98. The lowest BCUT2D eigenvalue weighted by Gasteiger charge is -2.13. The summed E-state index contributed by atoms with van der Waals surface area (Å²) in [6, 6.07) is 14.9. The van der Waals surface area contributed by atoms with Gasteiger partial charge in [0.25, 0.3) is 0 Å². The average Bonchev–Trinajstić information content (AvgIpc) is 2.63. The van der Waals surface area contributed by atoms with Crippen LogP contribution in [0.2, 0.25) is 5.02 Å². The Morgan fingerprint density at radius 3 is 2.48 bits per heavy atom. The van der Waals surface area contributed by atoms with Crippen molar-refractivity contribution in [1.82, 2.24) is 9.97 Å². The molecule has 0 spiro atoms. The van der Waals surface area contributed by atoms with E-state index in [1.807, 2.05) is 44.2 Å². The van der Waals surface area contributed by atoms with Crippen molar-refractivity contribution in [3.63, 3.8) is 0 Å². The zero-order valence-electron chi connectivity index (χ0n) is 15.4. The number of nitrogens with one attached hydrogen (secondary N) is 2. The zero-order valence-corrected chi connectivity index (χ0v) is 16.2. The monoisotopic (exact) mass is 384 g/mol. The molecule has 7 heteroatoms. The number of halogens is 1. The second-order valence-electron chi connectivity index (χ2n) is 5.77. The van der Waals surface area contributed by atoms with Crippen LogP contribution in [-0.2, 0) is 0 Å². The van der Waals surface area contributed by atoms with Gasteiger partial charge in [-0.15, -0.1) is 0 Å². The van der Waals surface area contributed by atoms with Crippen molar-refractivity contribution in [3.05, 3.63) is 59.2 Å². The second-order valence-corrected chi connectivity index (χ2v) is 6.21. The van der Waals surface area contributed by atoms with Gasteiger partial charge < -0.3 is 20.1 Å². The molecule has 0 atom stereocenters. The lowest BCUT2D eigenvalue weighted by atomic mass is 10.3. The quantitative estimate of drug-likeness (QED) is 0.573. The van der Waals surface area contributed by atoms with Crippen molar-refractivity contribution in [1.29, 1.82) is 0 Å². The summed E-state index contributed by atoms with van der Waals surface area (Å²) >= 11 is 6.09. The highest BCUT2D eigenvalue weighted by molar-refractivity contribution is 6.31. The van der Waals surface area contributed by atoms with Gasteiger partial charge in [0.05, 0.1) is 19.4 Å². The number of benzene rings is 2. The summed E-state index contributed by atoms with van der Waals surface area (Å²) in [5.74, 6) is 2.62. The highest BCUT2D eigenvalue weighted by Crippen LogP contribution is 2.30. The summed E-state index contributed by atoms with van der Waals surface area (Å²) in [6.45, 7) is 4.50. The fourth-order valence-corrected chi connectivity index (χ4v) is 2.71. The molecule has 3 rings (SSSR count). The molecule has 27 heavy (non-hydrogen) atoms. The lowest BCUT2D eigenvalue weighted by Crippen LogP contribution is -2.03. The van der Waals surface area contributed by atoms with Gasteiger partial charge in [-0.3, -0.25) is 0 Å². The number of aryl methyl sites for hydroxylation is 1. The summed E-state index contributed by atoms with van der Waals surface area (Å²) < 4.78 is 10.8. The average molecular weight is 385 g/mol. The van der Waals surface area contributed by atoms with Crippen LogP contribution in [0.5, 0.6) is 11.5 Å². The molecule has 0 bridgehead atoms. The Bertz CT molecular complexity index is 916. The first-order chi connectivity index (χ1) is 13.1. The number of ether oxygens (including phenoxy) is 2. The first-order valence-corrected chi connectivity index (χ1v) is 8.91. The Morgan fingerprint density at radius 2 is 1.78 bits per heavy atom. The van der Waals surface area contributed by atoms with Crippen LogP contribution in [-0.4, -0.2) is 23.7 Å². The van der Waals surface area contributed by atoms with E-state index in [0.29, 0.717) is 29.1 Å². The van der Waals surface area contributed by atoms with Crippen LogP contribution < -0.4 is 20.1 Å². The number of hydrogen-bond donors (Lipinski definition) is 2. The van der Waals surface area contributed by atoms with E-state index in [-0.39, 0.29) is 0 Å². The van der Waals surface area contributed by atoms with Gasteiger partial charge in [-0.2, -0.15) is 4.98 Å². The van der Waals surface area contributed by atoms with Gasteiger partial charge in [-0.25, -0.2) is 4.98 Å². The second kappa shape index (κ2) is 8.60. The molecule has 0 aliphatic carbocycles. The van der Waals surface area contributed by atoms with Gasteiger partial charge in [-0.05, 0) is 56.3 Å². The molecule has 1 aromatic heterocycles. The van der Waals surface area contributed by atoms with E-state index in [4.69, 9.17) is 21.1 Å². The Labute approximate surface area is 163 Å². The standard InChI is InChI=1S/C20H21ClN4O2/c1-4-27-16-8-6-15(7-9-16)23-20-22-13(2)11-19(25-20)24-17-12-14(21)5-10-18(17)26-3/h5-12H,4H2,1-3H3,(H2,22,23,24,25). The molecule has 2 N–H and O–H groups in total. The minimum absolute atomic E-state index is 0.489. The van der Waals surface area contributed by atoms with Gasteiger partial charge in [0.15, 0.2) is 0 Å². The van der Waals surface area contributed by atoms with Crippen LogP contribution in [0.1, 0.15) is 12.6 Å². The van der Waals surface area contributed by atoms with Crippen molar-refractivity contribution in [2.75, 3.05) is 24.4 Å². The zero-order chi connectivity index (χ0) is 19.2.